The van der Waals surface area contributed by atoms with Crippen molar-refractivity contribution in [2.24, 2.45) is 5.10 Å². The summed E-state index contributed by atoms with van der Waals surface area (Å²) < 4.78 is 5.36. The van der Waals surface area contributed by atoms with Crippen molar-refractivity contribution in [1.82, 2.24) is 5.43 Å². The second kappa shape index (κ2) is 4.49. The third kappa shape index (κ3) is 1.82. The van der Waals surface area contributed by atoms with Gasteiger partial charge in [0.1, 0.15) is 11.5 Å². The Morgan fingerprint density at radius 3 is 2.78 bits per heavy atom. The lowest BCUT2D eigenvalue weighted by molar-refractivity contribution is 0.106. The predicted molar refractivity (Wildman–Crippen MR) is 67.7 cm³/mol. The summed E-state index contributed by atoms with van der Waals surface area (Å²) in [7, 11) is 0. The van der Waals surface area contributed by atoms with Crippen LogP contribution >= 0.6 is 0 Å². The maximum atomic E-state index is 12.3. The number of hydrazone groups is 1. The molecule has 0 radical (unpaired) electrons. The molecule has 90 valence electrons. The minimum Gasteiger partial charge on any atom is -0.469 e. The Hall–Kier alpha value is -2.36. The van der Waals surface area contributed by atoms with Crippen LogP contribution in [-0.4, -0.2) is 18.0 Å². The number of carbonyl (C=O) groups excluding carboxylic acids is 1. The molecule has 1 aliphatic rings. The number of nitrogens with zero attached hydrogens (tertiary/aromatic N) is 1. The van der Waals surface area contributed by atoms with Crippen LogP contribution < -0.4 is 5.43 Å². The molecule has 0 saturated heterocycles. The van der Waals surface area contributed by atoms with Crippen molar-refractivity contribution in [3.8, 4) is 0 Å². The topological polar surface area (TPSA) is 54.6 Å². The van der Waals surface area contributed by atoms with Crippen molar-refractivity contribution in [1.29, 1.82) is 0 Å². The van der Waals surface area contributed by atoms with Crippen molar-refractivity contribution < 1.29 is 9.21 Å². The van der Waals surface area contributed by atoms with Gasteiger partial charge in [0.05, 0.1) is 12.2 Å². The summed E-state index contributed by atoms with van der Waals surface area (Å²) in [6.07, 6.45) is 1.61. The third-order valence-electron chi connectivity index (χ3n) is 2.98. The van der Waals surface area contributed by atoms with Gasteiger partial charge in [0.2, 0.25) is 5.78 Å². The first kappa shape index (κ1) is 10.8. The number of hydrogen-bond acceptors (Lipinski definition) is 4. The zero-order chi connectivity index (χ0) is 12.4. The van der Waals surface area contributed by atoms with E-state index in [2.05, 4.69) is 10.5 Å². The highest BCUT2D eigenvalue weighted by molar-refractivity contribution is 6.48. The number of benzene rings is 1. The normalized spacial score (nSPS) is 18.2. The number of rotatable bonds is 3. The minimum atomic E-state index is -0.104. The van der Waals surface area contributed by atoms with Crippen LogP contribution in [0.5, 0.6) is 0 Å². The molecule has 1 aliphatic heterocycles. The van der Waals surface area contributed by atoms with E-state index in [9.17, 15) is 4.79 Å². The molecule has 1 aromatic carbocycles. The molecule has 1 atom stereocenters. The van der Waals surface area contributed by atoms with Crippen molar-refractivity contribution in [3.05, 3.63) is 60.1 Å². The summed E-state index contributed by atoms with van der Waals surface area (Å²) in [6.45, 7) is 0.599. The Morgan fingerprint density at radius 2 is 2.06 bits per heavy atom. The zero-order valence-electron chi connectivity index (χ0n) is 9.67. The van der Waals surface area contributed by atoms with Crippen LogP contribution in [0.15, 0.2) is 58.2 Å². The lowest BCUT2D eigenvalue weighted by Crippen LogP contribution is -2.21. The number of furan rings is 1. The van der Waals surface area contributed by atoms with Gasteiger partial charge >= 0.3 is 0 Å². The van der Waals surface area contributed by atoms with Gasteiger partial charge in [0, 0.05) is 12.1 Å². The van der Waals surface area contributed by atoms with Gasteiger partial charge in [-0.1, -0.05) is 30.3 Å². The van der Waals surface area contributed by atoms with E-state index in [4.69, 9.17) is 4.42 Å². The summed E-state index contributed by atoms with van der Waals surface area (Å²) >= 11 is 0. The van der Waals surface area contributed by atoms with Crippen molar-refractivity contribution in [2.45, 2.75) is 5.92 Å². The van der Waals surface area contributed by atoms with E-state index in [0.29, 0.717) is 17.8 Å². The maximum Gasteiger partial charge on any atom is 0.209 e. The zero-order valence-corrected chi connectivity index (χ0v) is 9.67. The summed E-state index contributed by atoms with van der Waals surface area (Å²) in [5.74, 6) is 0.609. The molecule has 1 N–H and O–H groups in total. The second-order valence-electron chi connectivity index (χ2n) is 4.12. The first-order valence-corrected chi connectivity index (χ1v) is 5.80. The van der Waals surface area contributed by atoms with E-state index in [1.54, 1.807) is 18.4 Å². The molecule has 0 amide bonds. The van der Waals surface area contributed by atoms with E-state index < -0.39 is 0 Å². The van der Waals surface area contributed by atoms with E-state index in [-0.39, 0.29) is 11.7 Å². The lowest BCUT2D eigenvalue weighted by Gasteiger charge is -2.07. The third-order valence-corrected chi connectivity index (χ3v) is 2.98. The highest BCUT2D eigenvalue weighted by Gasteiger charge is 2.31. The Balaban J connectivity index is 1.90. The highest BCUT2D eigenvalue weighted by atomic mass is 16.3. The van der Waals surface area contributed by atoms with Crippen LogP contribution in [0.4, 0.5) is 0 Å². The summed E-state index contributed by atoms with van der Waals surface area (Å²) in [5, 5.41) is 4.11. The van der Waals surface area contributed by atoms with Crippen LogP contribution in [-0.2, 0) is 0 Å². The molecular weight excluding hydrogens is 228 g/mol. The highest BCUT2D eigenvalue weighted by Crippen LogP contribution is 2.23. The van der Waals surface area contributed by atoms with Gasteiger partial charge in [-0.15, -0.1) is 0 Å². The van der Waals surface area contributed by atoms with Gasteiger partial charge in [-0.3, -0.25) is 4.79 Å². The number of hydrogen-bond donors (Lipinski definition) is 1. The van der Waals surface area contributed by atoms with E-state index in [0.717, 1.165) is 5.76 Å². The molecule has 0 spiro atoms. The molecule has 0 aliphatic carbocycles. The average Bonchev–Trinajstić information content (AvgIpc) is 3.09. The number of carbonyl (C=O) groups is 1. The van der Waals surface area contributed by atoms with E-state index in [1.807, 2.05) is 30.3 Å². The van der Waals surface area contributed by atoms with Crippen LogP contribution in [0.3, 0.4) is 0 Å². The first-order chi connectivity index (χ1) is 8.86. The quantitative estimate of drug-likeness (QED) is 0.837. The van der Waals surface area contributed by atoms with Gasteiger partial charge in [-0.2, -0.15) is 5.10 Å². The largest absolute Gasteiger partial charge is 0.469 e. The Labute approximate surface area is 104 Å². The first-order valence-electron chi connectivity index (χ1n) is 5.80. The fourth-order valence-electron chi connectivity index (χ4n) is 2.07. The number of Topliss-reactive ketones (excluding diaryl/α,β-unsaturated/α-hetero) is 1. The Kier molecular flexibility index (Phi) is 2.68. The van der Waals surface area contributed by atoms with E-state index in [1.165, 1.54) is 0 Å². The standard InChI is InChI=1S/C14H12N2O2/c17-14(10-5-2-1-3-6-10)13-11(9-15-16-13)12-7-4-8-18-12/h1-8,11,15H,9H2. The fourth-order valence-corrected chi connectivity index (χ4v) is 2.07. The number of nitrogens with one attached hydrogen (secondary N) is 1. The van der Waals surface area contributed by atoms with Crippen molar-refractivity contribution in [2.75, 3.05) is 6.54 Å². The van der Waals surface area contributed by atoms with Gasteiger partial charge in [-0.05, 0) is 12.1 Å². The van der Waals surface area contributed by atoms with Crippen LogP contribution in [0.1, 0.15) is 22.0 Å². The maximum absolute atomic E-state index is 12.3. The van der Waals surface area contributed by atoms with Gasteiger partial charge in [-0.25, -0.2) is 0 Å². The predicted octanol–water partition coefficient (Wildman–Crippen LogP) is 2.21. The lowest BCUT2D eigenvalue weighted by atomic mass is 9.95. The molecule has 1 aromatic heterocycles. The van der Waals surface area contributed by atoms with Crippen molar-refractivity contribution >= 4 is 11.5 Å². The smallest absolute Gasteiger partial charge is 0.209 e. The van der Waals surface area contributed by atoms with Crippen LogP contribution in [0.25, 0.3) is 0 Å². The van der Waals surface area contributed by atoms with Gasteiger partial charge in [0.15, 0.2) is 0 Å². The molecule has 0 bridgehead atoms. The molecule has 4 heteroatoms. The number of ketones is 1. The molecule has 2 aromatic rings. The van der Waals surface area contributed by atoms with Crippen LogP contribution in [0.2, 0.25) is 0 Å². The summed E-state index contributed by atoms with van der Waals surface area (Å²) in [6, 6.07) is 12.8. The molecule has 0 fully saturated rings. The summed E-state index contributed by atoms with van der Waals surface area (Å²) in [5.41, 5.74) is 4.03. The monoisotopic (exact) mass is 240 g/mol. The average molecular weight is 240 g/mol. The second-order valence-corrected chi connectivity index (χ2v) is 4.12. The molecular formula is C14H12N2O2. The minimum absolute atomic E-state index is 0.0537. The Morgan fingerprint density at radius 1 is 1.22 bits per heavy atom. The fraction of sp³-hybridized carbons (Fsp3) is 0.143. The molecule has 3 rings (SSSR count). The molecule has 4 nitrogen and oxygen atoms in total. The van der Waals surface area contributed by atoms with Crippen molar-refractivity contribution in [3.63, 3.8) is 0 Å². The van der Waals surface area contributed by atoms with Gasteiger partial charge < -0.3 is 9.84 Å². The molecule has 0 saturated carbocycles. The van der Waals surface area contributed by atoms with Gasteiger partial charge in [0.25, 0.3) is 0 Å². The summed E-state index contributed by atoms with van der Waals surface area (Å²) in [4.78, 5) is 12.3. The molecule has 18 heavy (non-hydrogen) atoms. The molecule has 2 heterocycles. The van der Waals surface area contributed by atoms with Crippen LogP contribution in [0, 0.1) is 0 Å². The molecule has 1 unspecified atom stereocenters. The Bertz CT molecular complexity index is 573. The van der Waals surface area contributed by atoms with E-state index >= 15 is 0 Å². The SMILES string of the molecule is O=C(C1=NNCC1c1ccco1)c1ccccc1.